The fourth-order valence-corrected chi connectivity index (χ4v) is 4.36. The minimum atomic E-state index is -0.496. The summed E-state index contributed by atoms with van der Waals surface area (Å²) in [7, 11) is 0. The molecule has 1 fully saturated rings. The van der Waals surface area contributed by atoms with Crippen molar-refractivity contribution in [1.29, 1.82) is 0 Å². The van der Waals surface area contributed by atoms with Gasteiger partial charge in [-0.3, -0.25) is 19.3 Å². The second kappa shape index (κ2) is 11.3. The molecule has 0 spiro atoms. The van der Waals surface area contributed by atoms with Crippen molar-refractivity contribution in [3.05, 3.63) is 99.4 Å². The van der Waals surface area contributed by atoms with Gasteiger partial charge in [0.1, 0.15) is 18.9 Å². The number of halogens is 1. The third kappa shape index (κ3) is 6.53. The van der Waals surface area contributed by atoms with Gasteiger partial charge in [-0.25, -0.2) is 0 Å². The van der Waals surface area contributed by atoms with Gasteiger partial charge in [0.05, 0.1) is 4.91 Å². The predicted octanol–water partition coefficient (Wildman–Crippen LogP) is 6.16. The maximum Gasteiger partial charge on any atom is 0.294 e. The highest BCUT2D eigenvalue weighted by Gasteiger charge is 2.36. The zero-order valence-electron chi connectivity index (χ0n) is 19.0. The number of carbonyl (C=O) groups excluding carboxylic acids is 3. The highest BCUT2D eigenvalue weighted by Crippen LogP contribution is 2.32. The largest absolute Gasteiger partial charge is 0.489 e. The summed E-state index contributed by atoms with van der Waals surface area (Å²) in [6, 6.07) is 22.0. The summed E-state index contributed by atoms with van der Waals surface area (Å²) >= 11 is 6.72. The van der Waals surface area contributed by atoms with Gasteiger partial charge in [0, 0.05) is 10.7 Å². The average molecular weight is 507 g/mol. The Kier molecular flexibility index (Phi) is 7.90. The van der Waals surface area contributed by atoms with Gasteiger partial charge in [0.25, 0.3) is 11.1 Å². The number of aryl methyl sites for hydroxylation is 1. The van der Waals surface area contributed by atoms with Crippen LogP contribution in [-0.2, 0) is 22.6 Å². The molecule has 1 N–H and O–H groups in total. The molecule has 0 unspecified atom stereocenters. The van der Waals surface area contributed by atoms with E-state index in [4.69, 9.17) is 16.3 Å². The van der Waals surface area contributed by atoms with Gasteiger partial charge in [-0.05, 0) is 77.3 Å². The third-order valence-electron chi connectivity index (χ3n) is 5.30. The van der Waals surface area contributed by atoms with Gasteiger partial charge in [-0.2, -0.15) is 0 Å². The zero-order chi connectivity index (χ0) is 24.8. The molecule has 0 aromatic heterocycles. The van der Waals surface area contributed by atoms with E-state index < -0.39 is 17.1 Å². The van der Waals surface area contributed by atoms with Crippen molar-refractivity contribution in [2.45, 2.75) is 20.0 Å². The van der Waals surface area contributed by atoms with E-state index in [0.29, 0.717) is 28.6 Å². The van der Waals surface area contributed by atoms with Crippen LogP contribution in [0.3, 0.4) is 0 Å². The highest BCUT2D eigenvalue weighted by atomic mass is 35.5. The number of ether oxygens (including phenoxy) is 1. The van der Waals surface area contributed by atoms with Crippen LogP contribution in [0.15, 0.2) is 77.7 Å². The van der Waals surface area contributed by atoms with Crippen LogP contribution in [-0.4, -0.2) is 28.5 Å². The van der Waals surface area contributed by atoms with Crippen molar-refractivity contribution in [1.82, 2.24) is 4.90 Å². The minimum Gasteiger partial charge on any atom is -0.489 e. The van der Waals surface area contributed by atoms with Crippen molar-refractivity contribution < 1.29 is 19.1 Å². The first kappa shape index (κ1) is 24.6. The van der Waals surface area contributed by atoms with Crippen LogP contribution in [0, 0.1) is 0 Å². The monoisotopic (exact) mass is 506 g/mol. The van der Waals surface area contributed by atoms with Crippen molar-refractivity contribution in [3.63, 3.8) is 0 Å². The van der Waals surface area contributed by atoms with Crippen LogP contribution in [0.4, 0.5) is 10.5 Å². The molecule has 178 valence electrons. The van der Waals surface area contributed by atoms with Crippen molar-refractivity contribution in [3.8, 4) is 5.75 Å². The molecule has 0 atom stereocenters. The minimum absolute atomic E-state index is 0.255. The van der Waals surface area contributed by atoms with Gasteiger partial charge < -0.3 is 10.1 Å². The number of rotatable bonds is 8. The highest BCUT2D eigenvalue weighted by molar-refractivity contribution is 8.18. The maximum absolute atomic E-state index is 12.8. The van der Waals surface area contributed by atoms with Crippen LogP contribution in [0.25, 0.3) is 6.08 Å². The standard InChI is InChI=1S/C27H23ClN2O4S/c1-2-18-8-12-22(13-9-18)29-25(31)16-30-26(32)24(35-27(30)33)15-20-4-3-5-23(14-20)34-17-19-6-10-21(28)11-7-19/h3-15H,2,16-17H2,1H3,(H,29,31)/b24-15+. The smallest absolute Gasteiger partial charge is 0.294 e. The van der Waals surface area contributed by atoms with Crippen LogP contribution in [0.2, 0.25) is 5.02 Å². The molecule has 0 bridgehead atoms. The second-order valence-corrected chi connectivity index (χ2v) is 9.28. The Bertz CT molecular complexity index is 1270. The number of anilines is 1. The molecule has 1 aliphatic rings. The molecule has 8 heteroatoms. The summed E-state index contributed by atoms with van der Waals surface area (Å²) in [5.74, 6) is -0.305. The quantitative estimate of drug-likeness (QED) is 0.370. The SMILES string of the molecule is CCc1ccc(NC(=O)CN2C(=O)S/C(=C/c3cccc(OCc4ccc(Cl)cc4)c3)C2=O)cc1. The van der Waals surface area contributed by atoms with Crippen LogP contribution in [0.1, 0.15) is 23.6 Å². The predicted molar refractivity (Wildman–Crippen MR) is 139 cm³/mol. The molecule has 6 nitrogen and oxygen atoms in total. The Hall–Kier alpha value is -3.55. The van der Waals surface area contributed by atoms with Gasteiger partial charge in [-0.15, -0.1) is 0 Å². The van der Waals surface area contributed by atoms with E-state index in [1.807, 2.05) is 49.4 Å². The topological polar surface area (TPSA) is 75.7 Å². The molecular formula is C27H23ClN2O4S. The molecular weight excluding hydrogens is 484 g/mol. The van der Waals surface area contributed by atoms with Gasteiger partial charge in [0.2, 0.25) is 5.91 Å². The van der Waals surface area contributed by atoms with Crippen molar-refractivity contribution in [2.75, 3.05) is 11.9 Å². The summed E-state index contributed by atoms with van der Waals surface area (Å²) in [6.45, 7) is 2.07. The molecule has 3 amide bonds. The number of hydrogen-bond acceptors (Lipinski definition) is 5. The van der Waals surface area contributed by atoms with E-state index in [2.05, 4.69) is 5.32 Å². The number of thioether (sulfide) groups is 1. The van der Waals surface area contributed by atoms with Gasteiger partial charge in [0.15, 0.2) is 0 Å². The normalized spacial score (nSPS) is 14.5. The number of imide groups is 1. The molecule has 4 rings (SSSR count). The lowest BCUT2D eigenvalue weighted by molar-refractivity contribution is -0.127. The molecule has 3 aromatic carbocycles. The van der Waals surface area contributed by atoms with Crippen LogP contribution < -0.4 is 10.1 Å². The fourth-order valence-electron chi connectivity index (χ4n) is 3.40. The summed E-state index contributed by atoms with van der Waals surface area (Å²) in [4.78, 5) is 38.9. The number of nitrogens with one attached hydrogen (secondary N) is 1. The molecule has 0 radical (unpaired) electrons. The van der Waals surface area contributed by atoms with E-state index in [-0.39, 0.29) is 11.4 Å². The maximum atomic E-state index is 12.8. The third-order valence-corrected chi connectivity index (χ3v) is 6.46. The number of nitrogens with zero attached hydrogens (tertiary/aromatic N) is 1. The van der Waals surface area contributed by atoms with E-state index in [1.165, 1.54) is 0 Å². The number of hydrogen-bond donors (Lipinski definition) is 1. The van der Waals surface area contributed by atoms with E-state index in [1.54, 1.807) is 36.4 Å². The first-order valence-corrected chi connectivity index (χ1v) is 12.2. The molecule has 0 aliphatic carbocycles. The molecule has 1 heterocycles. The summed E-state index contributed by atoms with van der Waals surface area (Å²) in [6.07, 6.45) is 2.52. The summed E-state index contributed by atoms with van der Waals surface area (Å²) in [5.41, 5.74) is 3.45. The van der Waals surface area contributed by atoms with Crippen molar-refractivity contribution in [2.24, 2.45) is 0 Å². The first-order valence-electron chi connectivity index (χ1n) is 11.0. The van der Waals surface area contributed by atoms with Gasteiger partial charge >= 0.3 is 0 Å². The van der Waals surface area contributed by atoms with E-state index >= 15 is 0 Å². The molecule has 1 saturated heterocycles. The zero-order valence-corrected chi connectivity index (χ0v) is 20.6. The van der Waals surface area contributed by atoms with Crippen molar-refractivity contribution >= 4 is 52.2 Å². The van der Waals surface area contributed by atoms with Crippen LogP contribution in [0.5, 0.6) is 5.75 Å². The Morgan fingerprint density at radius 3 is 2.46 bits per heavy atom. The van der Waals surface area contributed by atoms with Gasteiger partial charge in [-0.1, -0.05) is 54.9 Å². The first-order chi connectivity index (χ1) is 16.9. The lowest BCUT2D eigenvalue weighted by Gasteiger charge is -2.12. The number of carbonyl (C=O) groups is 3. The Morgan fingerprint density at radius 2 is 1.74 bits per heavy atom. The van der Waals surface area contributed by atoms with E-state index in [0.717, 1.165) is 34.2 Å². The molecule has 3 aromatic rings. The lowest BCUT2D eigenvalue weighted by Crippen LogP contribution is -2.36. The Labute approximate surface area is 212 Å². The average Bonchev–Trinajstić information content (AvgIpc) is 3.11. The van der Waals surface area contributed by atoms with Crippen LogP contribution >= 0.6 is 23.4 Å². The summed E-state index contributed by atoms with van der Waals surface area (Å²) in [5, 5.41) is 2.91. The molecule has 35 heavy (non-hydrogen) atoms. The molecule has 0 saturated carbocycles. The summed E-state index contributed by atoms with van der Waals surface area (Å²) < 4.78 is 5.84. The lowest BCUT2D eigenvalue weighted by atomic mass is 10.1. The fraction of sp³-hybridized carbons (Fsp3) is 0.148. The van der Waals surface area contributed by atoms with E-state index in [9.17, 15) is 14.4 Å². The molecule has 1 aliphatic heterocycles. The second-order valence-electron chi connectivity index (χ2n) is 7.85. The Morgan fingerprint density at radius 1 is 1.03 bits per heavy atom. The Balaban J connectivity index is 1.38. The number of amides is 3. The number of benzene rings is 3.